The van der Waals surface area contributed by atoms with Gasteiger partial charge in [-0.3, -0.25) is 0 Å². The highest BCUT2D eigenvalue weighted by Crippen LogP contribution is 2.20. The molecule has 0 saturated carbocycles. The number of hydrogen-bond donors (Lipinski definition) is 1. The van der Waals surface area contributed by atoms with Crippen LogP contribution in [0.2, 0.25) is 0 Å². The molecule has 1 aliphatic rings. The molecule has 0 aromatic heterocycles. The maximum Gasteiger partial charge on any atom is 0.346 e. The highest BCUT2D eigenvalue weighted by atomic mass is 16.4. The maximum atomic E-state index is 10.8. The zero-order valence-electron chi connectivity index (χ0n) is 11.4. The number of carboxylic acid groups (broad SMARTS) is 1. The molecule has 4 heteroatoms. The van der Waals surface area contributed by atoms with E-state index in [1.165, 1.54) is 31.8 Å². The van der Waals surface area contributed by atoms with Gasteiger partial charge in [-0.05, 0) is 36.6 Å². The summed E-state index contributed by atoms with van der Waals surface area (Å²) in [5.41, 5.74) is 1.66. The van der Waals surface area contributed by atoms with Crippen LogP contribution in [0.1, 0.15) is 31.2 Å². The third-order valence-electron chi connectivity index (χ3n) is 3.53. The quantitative estimate of drug-likeness (QED) is 0.677. The molecule has 0 unspecified atom stereocenters. The number of carboxylic acids is 1. The number of nitrogens with zero attached hydrogens (tertiary/aromatic N) is 2. The van der Waals surface area contributed by atoms with Crippen LogP contribution in [0.5, 0.6) is 0 Å². The fraction of sp³-hybridized carbons (Fsp3) is 0.375. The van der Waals surface area contributed by atoms with E-state index in [0.29, 0.717) is 0 Å². The van der Waals surface area contributed by atoms with Crippen LogP contribution in [0.15, 0.2) is 29.8 Å². The Balaban J connectivity index is 2.13. The summed E-state index contributed by atoms with van der Waals surface area (Å²) >= 11 is 0. The second-order valence-corrected chi connectivity index (χ2v) is 4.97. The van der Waals surface area contributed by atoms with Gasteiger partial charge < -0.3 is 10.0 Å². The fourth-order valence-corrected chi connectivity index (χ4v) is 2.42. The Morgan fingerprint density at radius 2 is 1.75 bits per heavy atom. The van der Waals surface area contributed by atoms with Crippen LogP contribution in [0, 0.1) is 11.3 Å². The summed E-state index contributed by atoms with van der Waals surface area (Å²) in [5.74, 6) is -1.19. The molecule has 1 heterocycles. The molecule has 4 nitrogen and oxygen atoms in total. The van der Waals surface area contributed by atoms with E-state index >= 15 is 0 Å². The summed E-state index contributed by atoms with van der Waals surface area (Å²) < 4.78 is 0. The van der Waals surface area contributed by atoms with Crippen LogP contribution in [0.3, 0.4) is 0 Å². The van der Waals surface area contributed by atoms with Crippen LogP contribution >= 0.6 is 0 Å². The van der Waals surface area contributed by atoms with Gasteiger partial charge in [-0.25, -0.2) is 4.79 Å². The lowest BCUT2D eigenvalue weighted by Crippen LogP contribution is -2.23. The van der Waals surface area contributed by atoms with Crippen molar-refractivity contribution in [1.82, 2.24) is 0 Å². The zero-order valence-corrected chi connectivity index (χ0v) is 11.4. The molecular formula is C16H18N2O2. The van der Waals surface area contributed by atoms with Crippen molar-refractivity contribution in [3.8, 4) is 6.07 Å². The Hall–Kier alpha value is -2.28. The van der Waals surface area contributed by atoms with Gasteiger partial charge in [0.05, 0.1) is 0 Å². The zero-order chi connectivity index (χ0) is 14.4. The van der Waals surface area contributed by atoms with Crippen molar-refractivity contribution in [2.45, 2.75) is 25.7 Å². The van der Waals surface area contributed by atoms with Crippen molar-refractivity contribution in [2.24, 2.45) is 0 Å². The topological polar surface area (TPSA) is 64.3 Å². The Bertz CT molecular complexity index is 533. The molecule has 1 N–H and O–H groups in total. The van der Waals surface area contributed by atoms with Gasteiger partial charge in [0, 0.05) is 18.8 Å². The first kappa shape index (κ1) is 14.1. The van der Waals surface area contributed by atoms with E-state index < -0.39 is 5.97 Å². The summed E-state index contributed by atoms with van der Waals surface area (Å²) in [7, 11) is 0. The predicted octanol–water partition coefficient (Wildman–Crippen LogP) is 3.06. The van der Waals surface area contributed by atoms with E-state index in [9.17, 15) is 4.79 Å². The van der Waals surface area contributed by atoms with Gasteiger partial charge in [0.1, 0.15) is 11.6 Å². The molecule has 1 aliphatic heterocycles. The smallest absolute Gasteiger partial charge is 0.346 e. The van der Waals surface area contributed by atoms with Crippen molar-refractivity contribution >= 4 is 17.7 Å². The fourth-order valence-electron chi connectivity index (χ4n) is 2.42. The second kappa shape index (κ2) is 6.76. The molecule has 0 amide bonds. The lowest BCUT2D eigenvalue weighted by atomic mass is 10.1. The Labute approximate surface area is 118 Å². The number of aliphatic carboxylic acids is 1. The minimum absolute atomic E-state index is 0.243. The summed E-state index contributed by atoms with van der Waals surface area (Å²) in [6.45, 7) is 2.15. The van der Waals surface area contributed by atoms with Gasteiger partial charge in [0.2, 0.25) is 0 Å². The van der Waals surface area contributed by atoms with E-state index in [2.05, 4.69) is 4.90 Å². The second-order valence-electron chi connectivity index (χ2n) is 4.97. The summed E-state index contributed by atoms with van der Waals surface area (Å²) in [6, 6.07) is 9.40. The van der Waals surface area contributed by atoms with Gasteiger partial charge in [0.15, 0.2) is 0 Å². The first-order chi connectivity index (χ1) is 9.70. The molecule has 0 spiro atoms. The van der Waals surface area contributed by atoms with E-state index in [1.807, 2.05) is 24.3 Å². The van der Waals surface area contributed by atoms with Gasteiger partial charge in [-0.2, -0.15) is 5.26 Å². The number of hydrogen-bond acceptors (Lipinski definition) is 3. The lowest BCUT2D eigenvalue weighted by molar-refractivity contribution is -0.132. The molecule has 1 saturated heterocycles. The molecule has 1 fully saturated rings. The molecule has 0 bridgehead atoms. The number of rotatable bonds is 3. The molecule has 1 aromatic carbocycles. The number of benzene rings is 1. The molecule has 1 aromatic rings. The first-order valence-corrected chi connectivity index (χ1v) is 6.91. The standard InChI is InChI=1S/C16H18N2O2/c17-12-14(16(19)20)11-13-5-7-15(8-6-13)18-9-3-1-2-4-10-18/h5-8,11H,1-4,9-10H2,(H,19,20)/b14-11+. The lowest BCUT2D eigenvalue weighted by Gasteiger charge is -2.22. The van der Waals surface area contributed by atoms with Crippen LogP contribution in [0.25, 0.3) is 6.08 Å². The molecule has 0 radical (unpaired) electrons. The Morgan fingerprint density at radius 1 is 1.15 bits per heavy atom. The maximum absolute atomic E-state index is 10.8. The van der Waals surface area contributed by atoms with Gasteiger partial charge in [-0.15, -0.1) is 0 Å². The molecule has 104 valence electrons. The van der Waals surface area contributed by atoms with Gasteiger partial charge >= 0.3 is 5.97 Å². The highest BCUT2D eigenvalue weighted by molar-refractivity contribution is 5.96. The first-order valence-electron chi connectivity index (χ1n) is 6.91. The summed E-state index contributed by atoms with van der Waals surface area (Å²) in [5, 5.41) is 17.6. The molecule has 2 rings (SSSR count). The Kier molecular flexibility index (Phi) is 4.78. The van der Waals surface area contributed by atoms with Crippen LogP contribution in [0.4, 0.5) is 5.69 Å². The van der Waals surface area contributed by atoms with Crippen molar-refractivity contribution < 1.29 is 9.90 Å². The average Bonchev–Trinajstić information content (AvgIpc) is 2.74. The third-order valence-corrected chi connectivity index (χ3v) is 3.53. The van der Waals surface area contributed by atoms with E-state index in [-0.39, 0.29) is 5.57 Å². The molecule has 20 heavy (non-hydrogen) atoms. The van der Waals surface area contributed by atoms with E-state index in [1.54, 1.807) is 6.07 Å². The Morgan fingerprint density at radius 3 is 2.25 bits per heavy atom. The average molecular weight is 270 g/mol. The van der Waals surface area contributed by atoms with E-state index in [4.69, 9.17) is 10.4 Å². The summed E-state index contributed by atoms with van der Waals surface area (Å²) in [6.07, 6.45) is 6.43. The molecule has 0 aliphatic carbocycles. The van der Waals surface area contributed by atoms with Crippen LogP contribution < -0.4 is 4.90 Å². The third kappa shape index (κ3) is 3.61. The van der Waals surface area contributed by atoms with Crippen LogP contribution in [-0.2, 0) is 4.79 Å². The largest absolute Gasteiger partial charge is 0.477 e. The number of anilines is 1. The monoisotopic (exact) mass is 270 g/mol. The number of carbonyl (C=O) groups is 1. The van der Waals surface area contributed by atoms with Crippen molar-refractivity contribution in [1.29, 1.82) is 5.26 Å². The SMILES string of the molecule is N#C/C(=C\c1ccc(N2CCCCCC2)cc1)C(=O)O. The normalized spacial score (nSPS) is 16.4. The van der Waals surface area contributed by atoms with Gasteiger partial charge in [-0.1, -0.05) is 25.0 Å². The number of nitriles is 1. The summed E-state index contributed by atoms with van der Waals surface area (Å²) in [4.78, 5) is 13.2. The van der Waals surface area contributed by atoms with Crippen molar-refractivity contribution in [3.05, 3.63) is 35.4 Å². The van der Waals surface area contributed by atoms with Crippen molar-refractivity contribution in [2.75, 3.05) is 18.0 Å². The van der Waals surface area contributed by atoms with Crippen LogP contribution in [-0.4, -0.2) is 24.2 Å². The minimum atomic E-state index is -1.19. The highest BCUT2D eigenvalue weighted by Gasteiger charge is 2.10. The van der Waals surface area contributed by atoms with E-state index in [0.717, 1.165) is 24.3 Å². The molecule has 0 atom stereocenters. The predicted molar refractivity (Wildman–Crippen MR) is 78.3 cm³/mol. The minimum Gasteiger partial charge on any atom is -0.477 e. The molecular weight excluding hydrogens is 252 g/mol. The van der Waals surface area contributed by atoms with Crippen molar-refractivity contribution in [3.63, 3.8) is 0 Å². The van der Waals surface area contributed by atoms with Gasteiger partial charge in [0.25, 0.3) is 0 Å².